The fraction of sp³-hybridized carbons (Fsp3) is 1.00. The molecule has 0 rings (SSSR count). The average Bonchev–Trinajstić information content (AvgIpc) is 2.59. The molecule has 0 N–H and O–H groups in total. The molecule has 0 spiro atoms. The molecular weight excluding hydrogens is 376 g/mol. The summed E-state index contributed by atoms with van der Waals surface area (Å²) >= 11 is 2.11. The van der Waals surface area contributed by atoms with Gasteiger partial charge in [-0.05, 0) is 43.2 Å². The standard InChI is InChI=1S/C25H54OSSi/c1-24(2)26-20-19-22-27-21-17-15-13-11-9-8-10-12-14-16-18-23-28(6,7)25(3,4)5/h24H,8-23H2,1-7H3. The molecule has 0 aliphatic carbocycles. The van der Waals surface area contributed by atoms with Gasteiger partial charge in [-0.25, -0.2) is 0 Å². The third-order valence-electron chi connectivity index (χ3n) is 6.50. The summed E-state index contributed by atoms with van der Waals surface area (Å²) in [5.74, 6) is 2.61. The number of hydrogen-bond acceptors (Lipinski definition) is 2. The largest absolute Gasteiger partial charge is 0.379 e. The third kappa shape index (κ3) is 17.4. The molecule has 0 radical (unpaired) electrons. The van der Waals surface area contributed by atoms with Gasteiger partial charge in [0.25, 0.3) is 0 Å². The van der Waals surface area contributed by atoms with E-state index in [1.54, 1.807) is 0 Å². The van der Waals surface area contributed by atoms with Gasteiger partial charge >= 0.3 is 0 Å². The van der Waals surface area contributed by atoms with Crippen LogP contribution in [-0.2, 0) is 4.74 Å². The van der Waals surface area contributed by atoms with E-state index in [0.29, 0.717) is 11.1 Å². The predicted octanol–water partition coefficient (Wildman–Crippen LogP) is 9.33. The Morgan fingerprint density at radius 1 is 0.679 bits per heavy atom. The van der Waals surface area contributed by atoms with Crippen LogP contribution < -0.4 is 0 Å². The van der Waals surface area contributed by atoms with E-state index in [4.69, 9.17) is 4.74 Å². The average molecular weight is 431 g/mol. The Balaban J connectivity index is 3.20. The zero-order valence-corrected chi connectivity index (χ0v) is 22.5. The van der Waals surface area contributed by atoms with Gasteiger partial charge in [-0.1, -0.05) is 104 Å². The van der Waals surface area contributed by atoms with Gasteiger partial charge in [-0.3, -0.25) is 0 Å². The highest BCUT2D eigenvalue weighted by atomic mass is 32.2. The maximum Gasteiger partial charge on any atom is 0.0527 e. The molecule has 0 aromatic heterocycles. The quantitative estimate of drug-likeness (QED) is 0.149. The van der Waals surface area contributed by atoms with Crippen molar-refractivity contribution in [3.63, 3.8) is 0 Å². The maximum absolute atomic E-state index is 5.57. The Morgan fingerprint density at radius 3 is 1.57 bits per heavy atom. The van der Waals surface area contributed by atoms with Crippen LogP contribution in [0.1, 0.15) is 112 Å². The van der Waals surface area contributed by atoms with Crippen molar-refractivity contribution in [2.75, 3.05) is 18.1 Å². The van der Waals surface area contributed by atoms with Crippen molar-refractivity contribution in [3.05, 3.63) is 0 Å². The molecule has 0 aromatic rings. The molecule has 28 heavy (non-hydrogen) atoms. The van der Waals surface area contributed by atoms with Gasteiger partial charge in [-0.2, -0.15) is 11.8 Å². The van der Waals surface area contributed by atoms with Crippen LogP contribution in [0.2, 0.25) is 24.2 Å². The highest BCUT2D eigenvalue weighted by Crippen LogP contribution is 2.39. The van der Waals surface area contributed by atoms with E-state index in [1.165, 1.54) is 94.6 Å². The van der Waals surface area contributed by atoms with Crippen molar-refractivity contribution in [2.24, 2.45) is 0 Å². The molecule has 0 amide bonds. The van der Waals surface area contributed by atoms with Gasteiger partial charge in [0.05, 0.1) is 14.2 Å². The summed E-state index contributed by atoms with van der Waals surface area (Å²) in [4.78, 5) is 0. The van der Waals surface area contributed by atoms with Crippen LogP contribution in [0.15, 0.2) is 0 Å². The SMILES string of the molecule is CC(C)OCCCSCCCCCCCCCCCCC[Si](C)(C)C(C)(C)C. The first-order valence-electron chi connectivity index (χ1n) is 12.4. The van der Waals surface area contributed by atoms with E-state index in [0.717, 1.165) is 6.61 Å². The summed E-state index contributed by atoms with van der Waals surface area (Å²) in [6, 6.07) is 1.51. The molecule has 0 unspecified atom stereocenters. The van der Waals surface area contributed by atoms with E-state index in [2.05, 4.69) is 59.5 Å². The Kier molecular flexibility index (Phi) is 17.6. The van der Waals surface area contributed by atoms with Crippen LogP contribution in [0, 0.1) is 0 Å². The molecule has 0 aliphatic heterocycles. The van der Waals surface area contributed by atoms with E-state index < -0.39 is 8.07 Å². The minimum Gasteiger partial charge on any atom is -0.379 e. The first kappa shape index (κ1) is 28.5. The number of ether oxygens (including phenoxy) is 1. The van der Waals surface area contributed by atoms with Crippen molar-refractivity contribution in [1.82, 2.24) is 0 Å². The van der Waals surface area contributed by atoms with Crippen LogP contribution in [0.25, 0.3) is 0 Å². The Bertz CT molecular complexity index is 336. The van der Waals surface area contributed by atoms with Crippen LogP contribution in [-0.4, -0.2) is 32.3 Å². The van der Waals surface area contributed by atoms with E-state index in [-0.39, 0.29) is 0 Å². The minimum absolute atomic E-state index is 0.386. The zero-order chi connectivity index (χ0) is 21.3. The Morgan fingerprint density at radius 2 is 1.11 bits per heavy atom. The zero-order valence-electron chi connectivity index (χ0n) is 20.7. The van der Waals surface area contributed by atoms with Gasteiger partial charge < -0.3 is 4.74 Å². The molecule has 1 nitrogen and oxygen atoms in total. The van der Waals surface area contributed by atoms with Crippen molar-refractivity contribution in [1.29, 1.82) is 0 Å². The molecule has 0 saturated carbocycles. The molecular formula is C25H54OSSi. The lowest BCUT2D eigenvalue weighted by atomic mass is 10.1. The van der Waals surface area contributed by atoms with Crippen LogP contribution in [0.3, 0.4) is 0 Å². The molecule has 0 fully saturated rings. The first-order chi connectivity index (χ1) is 13.2. The lowest BCUT2D eigenvalue weighted by Gasteiger charge is -2.37. The summed E-state index contributed by atoms with van der Waals surface area (Å²) in [7, 11) is -1.03. The van der Waals surface area contributed by atoms with Crippen LogP contribution in [0.5, 0.6) is 0 Å². The van der Waals surface area contributed by atoms with Crippen molar-refractivity contribution >= 4 is 19.8 Å². The first-order valence-corrected chi connectivity index (χ1v) is 16.7. The highest BCUT2D eigenvalue weighted by Gasteiger charge is 2.33. The molecule has 0 aromatic carbocycles. The summed E-state index contributed by atoms with van der Waals surface area (Å²) in [6.45, 7) is 17.7. The van der Waals surface area contributed by atoms with Gasteiger partial charge in [0.15, 0.2) is 0 Å². The fourth-order valence-electron chi connectivity index (χ4n) is 3.32. The Hall–Kier alpha value is 0.527. The smallest absolute Gasteiger partial charge is 0.0527 e. The second-order valence-corrected chi connectivity index (χ2v) is 17.7. The summed E-state index contributed by atoms with van der Waals surface area (Å²) in [5, 5.41) is 0.564. The van der Waals surface area contributed by atoms with E-state index in [1.807, 2.05) is 0 Å². The molecule has 0 atom stereocenters. The number of unbranched alkanes of at least 4 members (excludes halogenated alkanes) is 10. The number of hydrogen-bond donors (Lipinski definition) is 0. The fourth-order valence-corrected chi connectivity index (χ4v) is 6.14. The minimum atomic E-state index is -1.03. The number of thioether (sulfide) groups is 1. The van der Waals surface area contributed by atoms with Crippen LogP contribution in [0.4, 0.5) is 0 Å². The molecule has 0 aliphatic rings. The molecule has 0 bridgehead atoms. The second kappa shape index (κ2) is 17.2. The van der Waals surface area contributed by atoms with Gasteiger partial charge in [0, 0.05) is 6.61 Å². The second-order valence-electron chi connectivity index (χ2n) is 10.7. The summed E-state index contributed by atoms with van der Waals surface area (Å²) in [5.41, 5.74) is 0. The van der Waals surface area contributed by atoms with Crippen molar-refractivity contribution in [2.45, 2.75) is 142 Å². The lowest BCUT2D eigenvalue weighted by molar-refractivity contribution is 0.0800. The molecule has 0 heterocycles. The summed E-state index contributed by atoms with van der Waals surface area (Å²) < 4.78 is 5.57. The lowest BCUT2D eigenvalue weighted by Crippen LogP contribution is -2.36. The summed E-state index contributed by atoms with van der Waals surface area (Å²) in [6.07, 6.45) is 17.6. The monoisotopic (exact) mass is 430 g/mol. The molecule has 3 heteroatoms. The normalized spacial score (nSPS) is 12.9. The molecule has 170 valence electrons. The van der Waals surface area contributed by atoms with Crippen molar-refractivity contribution < 1.29 is 4.74 Å². The third-order valence-corrected chi connectivity index (χ3v) is 13.3. The van der Waals surface area contributed by atoms with Crippen LogP contribution >= 0.6 is 11.8 Å². The van der Waals surface area contributed by atoms with Gasteiger partial charge in [0.1, 0.15) is 0 Å². The van der Waals surface area contributed by atoms with E-state index in [9.17, 15) is 0 Å². The maximum atomic E-state index is 5.57. The predicted molar refractivity (Wildman–Crippen MR) is 136 cm³/mol. The van der Waals surface area contributed by atoms with Gasteiger partial charge in [0.2, 0.25) is 0 Å². The highest BCUT2D eigenvalue weighted by molar-refractivity contribution is 7.99. The van der Waals surface area contributed by atoms with E-state index >= 15 is 0 Å². The molecule has 0 saturated heterocycles. The van der Waals surface area contributed by atoms with Crippen molar-refractivity contribution in [3.8, 4) is 0 Å². The number of rotatable bonds is 19. The Labute approximate surface area is 184 Å². The topological polar surface area (TPSA) is 9.23 Å². The van der Waals surface area contributed by atoms with Gasteiger partial charge in [-0.15, -0.1) is 0 Å².